The van der Waals surface area contributed by atoms with Gasteiger partial charge in [-0.25, -0.2) is 0 Å². The molecule has 6 nitrogen and oxygen atoms in total. The predicted octanol–water partition coefficient (Wildman–Crippen LogP) is 0.989. The van der Waals surface area contributed by atoms with Gasteiger partial charge in [0.2, 0.25) is 0 Å². The molecule has 1 aliphatic rings. The van der Waals surface area contributed by atoms with E-state index in [0.29, 0.717) is 13.1 Å². The molecule has 1 N–H and O–H groups in total. The monoisotopic (exact) mass is 334 g/mol. The van der Waals surface area contributed by atoms with Crippen molar-refractivity contribution in [2.24, 2.45) is 7.05 Å². The molecule has 1 atom stereocenters. The SMILES string of the molecule is Cl.Cn1cccc(C(=O)N2CCNCC2c2cccnc2)c1=O. The Morgan fingerprint density at radius 1 is 1.35 bits per heavy atom. The molecule has 1 amide bonds. The average Bonchev–Trinajstić information content (AvgIpc) is 2.57. The molecule has 3 heterocycles. The Kier molecular flexibility index (Phi) is 5.52. The number of amides is 1. The average molecular weight is 335 g/mol. The van der Waals surface area contributed by atoms with Gasteiger partial charge in [0.05, 0.1) is 6.04 Å². The minimum absolute atomic E-state index is 0. The van der Waals surface area contributed by atoms with Crippen LogP contribution in [0.5, 0.6) is 0 Å². The highest BCUT2D eigenvalue weighted by molar-refractivity contribution is 5.94. The lowest BCUT2D eigenvalue weighted by Gasteiger charge is -2.36. The molecule has 3 rings (SSSR count). The van der Waals surface area contributed by atoms with Gasteiger partial charge in [-0.2, -0.15) is 0 Å². The van der Waals surface area contributed by atoms with Gasteiger partial charge in [0, 0.05) is 45.3 Å². The second-order valence-electron chi connectivity index (χ2n) is 5.34. The van der Waals surface area contributed by atoms with Gasteiger partial charge in [0.25, 0.3) is 11.5 Å². The van der Waals surface area contributed by atoms with Gasteiger partial charge < -0.3 is 14.8 Å². The van der Waals surface area contributed by atoms with E-state index >= 15 is 0 Å². The Morgan fingerprint density at radius 3 is 2.91 bits per heavy atom. The summed E-state index contributed by atoms with van der Waals surface area (Å²) in [6.07, 6.45) is 5.12. The molecule has 122 valence electrons. The molecular weight excluding hydrogens is 316 g/mol. The Labute approximate surface area is 140 Å². The van der Waals surface area contributed by atoms with Crippen molar-refractivity contribution in [1.82, 2.24) is 19.8 Å². The highest BCUT2D eigenvalue weighted by Gasteiger charge is 2.30. The maximum absolute atomic E-state index is 12.8. The van der Waals surface area contributed by atoms with Crippen LogP contribution in [0.1, 0.15) is 22.0 Å². The first kappa shape index (κ1) is 17.2. The summed E-state index contributed by atoms with van der Waals surface area (Å²) in [6, 6.07) is 7.00. The molecule has 2 aromatic rings. The van der Waals surface area contributed by atoms with Gasteiger partial charge in [-0.15, -0.1) is 12.4 Å². The molecule has 1 aliphatic heterocycles. The van der Waals surface area contributed by atoms with E-state index in [4.69, 9.17) is 0 Å². The fourth-order valence-electron chi connectivity index (χ4n) is 2.73. The predicted molar refractivity (Wildman–Crippen MR) is 89.8 cm³/mol. The lowest BCUT2D eigenvalue weighted by molar-refractivity contribution is 0.0631. The number of halogens is 1. The fraction of sp³-hybridized carbons (Fsp3) is 0.312. The molecule has 23 heavy (non-hydrogen) atoms. The number of rotatable bonds is 2. The van der Waals surface area contributed by atoms with Gasteiger partial charge >= 0.3 is 0 Å². The third kappa shape index (κ3) is 3.43. The third-order valence-electron chi connectivity index (χ3n) is 3.93. The number of hydrogen-bond acceptors (Lipinski definition) is 4. The first-order valence-corrected chi connectivity index (χ1v) is 7.26. The molecule has 0 bridgehead atoms. The molecule has 0 radical (unpaired) electrons. The molecule has 0 saturated carbocycles. The summed E-state index contributed by atoms with van der Waals surface area (Å²) < 4.78 is 1.43. The minimum Gasteiger partial charge on any atom is -0.329 e. The third-order valence-corrected chi connectivity index (χ3v) is 3.93. The molecule has 0 spiro atoms. The van der Waals surface area contributed by atoms with Crippen LogP contribution in [0.3, 0.4) is 0 Å². The number of carbonyl (C=O) groups excluding carboxylic acids is 1. The van der Waals surface area contributed by atoms with Crippen LogP contribution in [0.2, 0.25) is 0 Å². The number of hydrogen-bond donors (Lipinski definition) is 1. The van der Waals surface area contributed by atoms with E-state index in [1.165, 1.54) is 4.57 Å². The molecular formula is C16H19ClN4O2. The molecule has 1 fully saturated rings. The minimum atomic E-state index is -0.268. The van der Waals surface area contributed by atoms with E-state index in [-0.39, 0.29) is 35.5 Å². The quantitative estimate of drug-likeness (QED) is 0.889. The van der Waals surface area contributed by atoms with Gasteiger partial charge in [-0.3, -0.25) is 14.6 Å². The molecule has 0 aliphatic carbocycles. The number of carbonyl (C=O) groups is 1. The summed E-state index contributed by atoms with van der Waals surface area (Å²) in [7, 11) is 1.65. The second-order valence-corrected chi connectivity index (χ2v) is 5.34. The molecule has 1 unspecified atom stereocenters. The van der Waals surface area contributed by atoms with Crippen LogP contribution in [0, 0.1) is 0 Å². The van der Waals surface area contributed by atoms with E-state index in [9.17, 15) is 9.59 Å². The molecule has 2 aromatic heterocycles. The number of pyridine rings is 2. The Bertz CT molecular complexity index is 732. The topological polar surface area (TPSA) is 67.2 Å². The smallest absolute Gasteiger partial charge is 0.263 e. The van der Waals surface area contributed by atoms with E-state index < -0.39 is 0 Å². The largest absolute Gasteiger partial charge is 0.329 e. The highest BCUT2D eigenvalue weighted by Crippen LogP contribution is 2.22. The van der Waals surface area contributed by atoms with E-state index in [2.05, 4.69) is 10.3 Å². The van der Waals surface area contributed by atoms with Crippen molar-refractivity contribution in [3.8, 4) is 0 Å². The van der Waals surface area contributed by atoms with Crippen LogP contribution in [-0.2, 0) is 7.05 Å². The number of piperazine rings is 1. The van der Waals surface area contributed by atoms with E-state index in [1.54, 1.807) is 42.7 Å². The van der Waals surface area contributed by atoms with Crippen molar-refractivity contribution < 1.29 is 4.79 Å². The summed E-state index contributed by atoms with van der Waals surface area (Å²) in [6.45, 7) is 1.94. The standard InChI is InChI=1S/C16H18N4O2.ClH/c1-19-8-3-5-13(15(19)21)16(22)20-9-7-18-11-14(20)12-4-2-6-17-10-12;/h2-6,8,10,14,18H,7,9,11H2,1H3;1H. The number of aryl methyl sites for hydroxylation is 1. The Morgan fingerprint density at radius 2 is 2.17 bits per heavy atom. The summed E-state index contributed by atoms with van der Waals surface area (Å²) in [5, 5.41) is 3.29. The number of nitrogens with one attached hydrogen (secondary N) is 1. The Hall–Kier alpha value is -2.18. The molecule has 7 heteroatoms. The van der Waals surface area contributed by atoms with Crippen molar-refractivity contribution >= 4 is 18.3 Å². The summed E-state index contributed by atoms with van der Waals surface area (Å²) >= 11 is 0. The molecule has 0 aromatic carbocycles. The van der Waals surface area contributed by atoms with E-state index in [0.717, 1.165) is 12.1 Å². The van der Waals surface area contributed by atoms with Crippen molar-refractivity contribution in [3.05, 3.63) is 64.3 Å². The van der Waals surface area contributed by atoms with E-state index in [1.807, 2.05) is 12.1 Å². The van der Waals surface area contributed by atoms with Crippen molar-refractivity contribution in [2.45, 2.75) is 6.04 Å². The van der Waals surface area contributed by atoms with Gasteiger partial charge in [0.1, 0.15) is 5.56 Å². The number of aromatic nitrogens is 2. The zero-order valence-corrected chi connectivity index (χ0v) is 13.6. The van der Waals surface area contributed by atoms with Crippen LogP contribution >= 0.6 is 12.4 Å². The summed E-state index contributed by atoms with van der Waals surface area (Å²) in [5.41, 5.74) is 0.910. The fourth-order valence-corrected chi connectivity index (χ4v) is 2.73. The normalized spacial score (nSPS) is 17.4. The summed E-state index contributed by atoms with van der Waals surface area (Å²) in [4.78, 5) is 30.9. The number of nitrogens with zero attached hydrogens (tertiary/aromatic N) is 3. The van der Waals surface area contributed by atoms with Crippen LogP contribution in [0.25, 0.3) is 0 Å². The van der Waals surface area contributed by atoms with Crippen LogP contribution < -0.4 is 10.9 Å². The lowest BCUT2D eigenvalue weighted by atomic mass is 10.0. The second kappa shape index (κ2) is 7.39. The van der Waals surface area contributed by atoms with Crippen LogP contribution in [0.4, 0.5) is 0 Å². The van der Waals surface area contributed by atoms with Crippen molar-refractivity contribution in [3.63, 3.8) is 0 Å². The first-order valence-electron chi connectivity index (χ1n) is 7.26. The zero-order valence-electron chi connectivity index (χ0n) is 12.8. The zero-order chi connectivity index (χ0) is 15.5. The first-order chi connectivity index (χ1) is 10.7. The Balaban J connectivity index is 0.00000192. The maximum Gasteiger partial charge on any atom is 0.263 e. The van der Waals surface area contributed by atoms with Gasteiger partial charge in [-0.1, -0.05) is 6.07 Å². The van der Waals surface area contributed by atoms with Crippen LogP contribution in [-0.4, -0.2) is 40.0 Å². The van der Waals surface area contributed by atoms with Gasteiger partial charge in [0.15, 0.2) is 0 Å². The van der Waals surface area contributed by atoms with Crippen LogP contribution in [0.15, 0.2) is 47.7 Å². The van der Waals surface area contributed by atoms with Crippen molar-refractivity contribution in [2.75, 3.05) is 19.6 Å². The molecule has 1 saturated heterocycles. The maximum atomic E-state index is 12.8. The van der Waals surface area contributed by atoms with Gasteiger partial charge in [-0.05, 0) is 23.8 Å². The van der Waals surface area contributed by atoms with Crippen molar-refractivity contribution in [1.29, 1.82) is 0 Å². The lowest BCUT2D eigenvalue weighted by Crippen LogP contribution is -2.49. The highest BCUT2D eigenvalue weighted by atomic mass is 35.5. The summed E-state index contributed by atoms with van der Waals surface area (Å²) in [5.74, 6) is -0.225.